The van der Waals surface area contributed by atoms with Gasteiger partial charge in [0.05, 0.1) is 23.8 Å². The van der Waals surface area contributed by atoms with Gasteiger partial charge in [-0.25, -0.2) is 9.98 Å². The quantitative estimate of drug-likeness (QED) is 0.316. The number of halogens is 1. The Labute approximate surface area is 186 Å². The normalized spacial score (nSPS) is 11.6. The molecule has 0 aromatic carbocycles. The number of nitrogens with one attached hydrogen (secondary N) is 2. The third kappa shape index (κ3) is 4.55. The van der Waals surface area contributed by atoms with Crippen molar-refractivity contribution in [1.82, 2.24) is 34.4 Å². The lowest BCUT2D eigenvalue weighted by atomic mass is 10.2. The lowest BCUT2D eigenvalue weighted by Gasteiger charge is -2.10. The van der Waals surface area contributed by atoms with E-state index in [1.165, 1.54) is 11.5 Å². The Bertz CT molecular complexity index is 1190. The van der Waals surface area contributed by atoms with Crippen LogP contribution >= 0.6 is 27.5 Å². The summed E-state index contributed by atoms with van der Waals surface area (Å²) in [5.41, 5.74) is 4.52. The van der Waals surface area contributed by atoms with Gasteiger partial charge < -0.3 is 9.88 Å². The van der Waals surface area contributed by atoms with Gasteiger partial charge in [0.1, 0.15) is 5.00 Å². The molecule has 0 aliphatic heterocycles. The van der Waals surface area contributed by atoms with Gasteiger partial charge in [-0.05, 0) is 52.6 Å². The number of rotatable bonds is 6. The van der Waals surface area contributed by atoms with Crippen molar-refractivity contribution in [1.29, 1.82) is 0 Å². The maximum atomic E-state index is 4.77. The minimum absolute atomic E-state index is 0.608. The fourth-order valence-corrected chi connectivity index (χ4v) is 3.75. The molecule has 0 aliphatic rings. The van der Waals surface area contributed by atoms with E-state index in [1.807, 2.05) is 42.9 Å². The first-order valence-electron chi connectivity index (χ1n) is 9.08. The van der Waals surface area contributed by atoms with Crippen molar-refractivity contribution >= 4 is 38.3 Å². The largest absolute Gasteiger partial charge is 0.342 e. The Hall–Kier alpha value is -3.11. The summed E-state index contributed by atoms with van der Waals surface area (Å²) >= 11 is 4.74. The summed E-state index contributed by atoms with van der Waals surface area (Å²) in [5, 5.41) is 10.8. The zero-order valence-electron chi connectivity index (χ0n) is 16.4. The van der Waals surface area contributed by atoms with Crippen LogP contribution in [-0.2, 0) is 13.5 Å². The van der Waals surface area contributed by atoms with Crippen LogP contribution in [0.15, 0.2) is 64.7 Å². The first kappa shape index (κ1) is 20.2. The number of pyridine rings is 1. The molecule has 10 heteroatoms. The van der Waals surface area contributed by atoms with Crippen molar-refractivity contribution in [2.24, 2.45) is 12.0 Å². The van der Waals surface area contributed by atoms with Crippen LogP contribution in [0.1, 0.15) is 24.1 Å². The number of amidine groups is 1. The molecule has 8 nitrogen and oxygen atoms in total. The van der Waals surface area contributed by atoms with Crippen LogP contribution in [0.5, 0.6) is 0 Å². The fraction of sp³-hybridized carbons (Fsp3) is 0.150. The standard InChI is InChI=1S/C20H19BrN8S/c1-12(2)26-19(20-23-11-17(29(20)3)13-8-24-25-9-13)27-18-7-16(28-30-18)6-15-5-4-14(21)10-22-15/h4-5,7-11H,1,6H2,2-3H3,(H,24,25)(H,26,27). The van der Waals surface area contributed by atoms with Gasteiger partial charge in [0.25, 0.3) is 0 Å². The minimum atomic E-state index is 0.608. The van der Waals surface area contributed by atoms with Crippen molar-refractivity contribution in [3.8, 4) is 11.3 Å². The van der Waals surface area contributed by atoms with E-state index in [0.29, 0.717) is 18.1 Å². The van der Waals surface area contributed by atoms with Crippen LogP contribution in [0.3, 0.4) is 0 Å². The van der Waals surface area contributed by atoms with E-state index in [4.69, 9.17) is 4.99 Å². The number of H-pyrrole nitrogens is 1. The number of aromatic nitrogens is 6. The molecule has 0 atom stereocenters. The molecule has 0 bridgehead atoms. The summed E-state index contributed by atoms with van der Waals surface area (Å²) in [6.45, 7) is 5.83. The van der Waals surface area contributed by atoms with Gasteiger partial charge in [-0.3, -0.25) is 10.1 Å². The summed E-state index contributed by atoms with van der Waals surface area (Å²) < 4.78 is 7.44. The van der Waals surface area contributed by atoms with Gasteiger partial charge in [-0.1, -0.05) is 6.58 Å². The van der Waals surface area contributed by atoms with Gasteiger partial charge in [0.2, 0.25) is 0 Å². The molecule has 0 aliphatic carbocycles. The number of aliphatic imine (C=N–C) groups is 1. The fourth-order valence-electron chi connectivity index (χ4n) is 2.87. The van der Waals surface area contributed by atoms with Gasteiger partial charge in [0.15, 0.2) is 11.7 Å². The second kappa shape index (κ2) is 8.72. The Kier molecular flexibility index (Phi) is 5.86. The number of aromatic amines is 1. The van der Waals surface area contributed by atoms with Crippen LogP contribution in [0.2, 0.25) is 0 Å². The Morgan fingerprint density at radius 2 is 2.13 bits per heavy atom. The molecule has 4 rings (SSSR count). The van der Waals surface area contributed by atoms with E-state index in [9.17, 15) is 0 Å². The summed E-state index contributed by atoms with van der Waals surface area (Å²) in [6.07, 6.45) is 7.82. The average Bonchev–Trinajstić information content (AvgIpc) is 3.44. The van der Waals surface area contributed by atoms with Crippen molar-refractivity contribution in [3.05, 3.63) is 76.9 Å². The van der Waals surface area contributed by atoms with Crippen LogP contribution in [0.25, 0.3) is 11.3 Å². The molecule has 0 unspecified atom stereocenters. The van der Waals surface area contributed by atoms with Crippen molar-refractivity contribution in [3.63, 3.8) is 0 Å². The Morgan fingerprint density at radius 1 is 1.27 bits per heavy atom. The lowest BCUT2D eigenvalue weighted by molar-refractivity contribution is 0.892. The smallest absolute Gasteiger partial charge is 0.176 e. The number of hydrogen-bond donors (Lipinski definition) is 2. The van der Waals surface area contributed by atoms with Gasteiger partial charge in [-0.15, -0.1) is 0 Å². The van der Waals surface area contributed by atoms with Crippen molar-refractivity contribution < 1.29 is 0 Å². The Morgan fingerprint density at radius 3 is 2.83 bits per heavy atom. The molecule has 0 fully saturated rings. The molecule has 152 valence electrons. The molecule has 0 spiro atoms. The van der Waals surface area contributed by atoms with Crippen LogP contribution in [-0.4, -0.2) is 34.9 Å². The highest BCUT2D eigenvalue weighted by molar-refractivity contribution is 9.10. The lowest BCUT2D eigenvalue weighted by Crippen LogP contribution is -2.25. The molecule has 4 aromatic rings. The molecular weight excluding hydrogens is 464 g/mol. The highest BCUT2D eigenvalue weighted by Gasteiger charge is 2.16. The molecule has 4 aromatic heterocycles. The molecular formula is C20H19BrN8S. The molecule has 0 saturated carbocycles. The first-order valence-corrected chi connectivity index (χ1v) is 10.6. The highest BCUT2D eigenvalue weighted by Crippen LogP contribution is 2.24. The second-order valence-corrected chi connectivity index (χ2v) is 8.38. The maximum Gasteiger partial charge on any atom is 0.176 e. The number of hydrogen-bond acceptors (Lipinski definition) is 6. The molecule has 0 amide bonds. The van der Waals surface area contributed by atoms with E-state index < -0.39 is 0 Å². The molecule has 30 heavy (non-hydrogen) atoms. The summed E-state index contributed by atoms with van der Waals surface area (Å²) in [7, 11) is 1.94. The van der Waals surface area contributed by atoms with Crippen LogP contribution in [0.4, 0.5) is 5.00 Å². The zero-order chi connectivity index (χ0) is 21.1. The second-order valence-electron chi connectivity index (χ2n) is 6.68. The zero-order valence-corrected chi connectivity index (χ0v) is 18.8. The van der Waals surface area contributed by atoms with E-state index in [1.54, 1.807) is 18.6 Å². The third-order valence-corrected chi connectivity index (χ3v) is 5.44. The van der Waals surface area contributed by atoms with E-state index in [-0.39, 0.29) is 0 Å². The Balaban J connectivity index is 1.62. The maximum absolute atomic E-state index is 4.77. The summed E-state index contributed by atoms with van der Waals surface area (Å²) in [4.78, 5) is 13.7. The van der Waals surface area contributed by atoms with Gasteiger partial charge in [-0.2, -0.15) is 9.47 Å². The predicted octanol–water partition coefficient (Wildman–Crippen LogP) is 4.22. The van der Waals surface area contributed by atoms with Gasteiger partial charge in [0, 0.05) is 47.3 Å². The van der Waals surface area contributed by atoms with E-state index in [0.717, 1.165) is 37.8 Å². The molecule has 2 N–H and O–H groups in total. The number of imidazole rings is 1. The third-order valence-electron chi connectivity index (χ3n) is 4.25. The topological polar surface area (TPSA) is 96.7 Å². The number of nitrogens with zero attached hydrogens (tertiary/aromatic N) is 6. The summed E-state index contributed by atoms with van der Waals surface area (Å²) in [6, 6.07) is 5.92. The molecule has 4 heterocycles. The average molecular weight is 483 g/mol. The SMILES string of the molecule is C=C(C)N/C(=N/c1cc(Cc2ccc(Br)cn2)ns1)c1ncc(-c2cn[nH]c2)n1C. The minimum Gasteiger partial charge on any atom is -0.342 e. The summed E-state index contributed by atoms with van der Waals surface area (Å²) in [5.74, 6) is 1.30. The van der Waals surface area contributed by atoms with Gasteiger partial charge >= 0.3 is 0 Å². The number of allylic oxidation sites excluding steroid dienone is 1. The predicted molar refractivity (Wildman–Crippen MR) is 122 cm³/mol. The van der Waals surface area contributed by atoms with E-state index >= 15 is 0 Å². The van der Waals surface area contributed by atoms with Crippen molar-refractivity contribution in [2.75, 3.05) is 0 Å². The molecule has 0 saturated heterocycles. The van der Waals surface area contributed by atoms with Crippen molar-refractivity contribution in [2.45, 2.75) is 13.3 Å². The highest BCUT2D eigenvalue weighted by atomic mass is 79.9. The van der Waals surface area contributed by atoms with Crippen LogP contribution < -0.4 is 5.32 Å². The monoisotopic (exact) mass is 482 g/mol. The van der Waals surface area contributed by atoms with E-state index in [2.05, 4.69) is 52.4 Å². The molecule has 0 radical (unpaired) electrons. The van der Waals surface area contributed by atoms with Crippen LogP contribution in [0, 0.1) is 0 Å². The first-order chi connectivity index (χ1) is 14.5.